The Balaban J connectivity index is 0.00000180. The van der Waals surface area contributed by atoms with Crippen LogP contribution in [-0.4, -0.2) is 11.4 Å². The molecule has 1 aliphatic rings. The monoisotopic (exact) mass is 341 g/mol. The first kappa shape index (κ1) is 16.3. The molecule has 0 atom stereocenters. The zero-order valence-corrected chi connectivity index (χ0v) is 14.2. The van der Waals surface area contributed by atoms with Gasteiger partial charge in [-0.2, -0.15) is 0 Å². The summed E-state index contributed by atoms with van der Waals surface area (Å²) in [7, 11) is 0. The van der Waals surface area contributed by atoms with Crippen molar-refractivity contribution in [1.29, 1.82) is 0 Å². The topological polar surface area (TPSA) is 3.24 Å². The van der Waals surface area contributed by atoms with E-state index in [0.717, 1.165) is 18.1 Å². The van der Waals surface area contributed by atoms with Gasteiger partial charge in [-0.25, -0.2) is 0 Å². The summed E-state index contributed by atoms with van der Waals surface area (Å²) in [6, 6.07) is 8.89. The maximum absolute atomic E-state index is 5.90. The highest BCUT2D eigenvalue weighted by Gasteiger charge is 2.13. The third kappa shape index (κ3) is 4.70. The summed E-state index contributed by atoms with van der Waals surface area (Å²) in [5.41, 5.74) is 2.93. The van der Waals surface area contributed by atoms with Crippen molar-refractivity contribution in [3.05, 3.63) is 58.8 Å². The first-order valence-electron chi connectivity index (χ1n) is 6.32. The molecule has 1 aromatic rings. The third-order valence-corrected chi connectivity index (χ3v) is 3.45. The Kier molecular flexibility index (Phi) is 5.69. The van der Waals surface area contributed by atoms with Gasteiger partial charge in [-0.1, -0.05) is 56.6 Å². The van der Waals surface area contributed by atoms with Crippen LogP contribution in [-0.2, 0) is 12.0 Å². The lowest BCUT2D eigenvalue weighted by molar-refractivity contribution is 0.404. The maximum atomic E-state index is 5.90. The number of rotatable bonds is 2. The van der Waals surface area contributed by atoms with E-state index < -0.39 is 0 Å². The van der Waals surface area contributed by atoms with Gasteiger partial charge >= 0.3 is 0 Å². The lowest BCUT2D eigenvalue weighted by atomic mass is 9.87. The van der Waals surface area contributed by atoms with Crippen LogP contribution in [0.1, 0.15) is 31.9 Å². The van der Waals surface area contributed by atoms with E-state index in [0.29, 0.717) is 0 Å². The lowest BCUT2D eigenvalue weighted by Gasteiger charge is -2.23. The van der Waals surface area contributed by atoms with Crippen molar-refractivity contribution in [1.82, 2.24) is 4.90 Å². The molecule has 1 aromatic carbocycles. The number of benzene rings is 1. The Bertz CT molecular complexity index is 469. The third-order valence-electron chi connectivity index (χ3n) is 3.17. The van der Waals surface area contributed by atoms with Gasteiger partial charge in [-0.05, 0) is 28.7 Å². The highest BCUT2D eigenvalue weighted by atomic mass is 79.9. The second-order valence-electron chi connectivity index (χ2n) is 5.78. The fourth-order valence-electron chi connectivity index (χ4n) is 1.97. The van der Waals surface area contributed by atoms with Gasteiger partial charge in [0.15, 0.2) is 0 Å². The van der Waals surface area contributed by atoms with Gasteiger partial charge in [0, 0.05) is 24.3 Å². The van der Waals surface area contributed by atoms with Gasteiger partial charge in [-0.15, -0.1) is 17.0 Å². The molecule has 19 heavy (non-hydrogen) atoms. The molecule has 0 spiro atoms. The normalized spacial score (nSPS) is 14.9. The summed E-state index contributed by atoms with van der Waals surface area (Å²) in [5.74, 6) is 0. The summed E-state index contributed by atoms with van der Waals surface area (Å²) in [6.07, 6.45) is 6.03. The van der Waals surface area contributed by atoms with Crippen molar-refractivity contribution in [3.8, 4) is 0 Å². The largest absolute Gasteiger partial charge is 0.369 e. The minimum absolute atomic E-state index is 0. The summed E-state index contributed by atoms with van der Waals surface area (Å²) < 4.78 is 0. The number of hydrogen-bond donors (Lipinski definition) is 0. The predicted octanol–water partition coefficient (Wildman–Crippen LogP) is 5.01. The average Bonchev–Trinajstić information content (AvgIpc) is 2.32. The molecule has 1 nitrogen and oxygen atoms in total. The number of nitrogens with zero attached hydrogens (tertiary/aromatic N) is 1. The summed E-state index contributed by atoms with van der Waals surface area (Å²) in [6.45, 7) is 8.53. The Labute approximate surface area is 131 Å². The van der Waals surface area contributed by atoms with Gasteiger partial charge in [-0.3, -0.25) is 0 Å². The molecule has 0 aliphatic carbocycles. The van der Waals surface area contributed by atoms with E-state index in [2.05, 4.69) is 56.1 Å². The van der Waals surface area contributed by atoms with Gasteiger partial charge in [0.2, 0.25) is 0 Å². The van der Waals surface area contributed by atoms with Gasteiger partial charge in [0.1, 0.15) is 0 Å². The molecule has 0 aromatic heterocycles. The fraction of sp³-hybridized carbons (Fsp3) is 0.375. The minimum Gasteiger partial charge on any atom is -0.369 e. The molecule has 1 heterocycles. The zero-order chi connectivity index (χ0) is 13.2. The summed E-state index contributed by atoms with van der Waals surface area (Å²) in [4.78, 5) is 2.25. The smallest absolute Gasteiger partial charge is 0.0427 e. The second-order valence-corrected chi connectivity index (χ2v) is 6.22. The van der Waals surface area contributed by atoms with E-state index in [1.54, 1.807) is 0 Å². The number of halogens is 2. The molecule has 0 saturated carbocycles. The van der Waals surface area contributed by atoms with Crippen LogP contribution in [0.2, 0.25) is 0 Å². The molecule has 2 rings (SSSR count). The van der Waals surface area contributed by atoms with E-state index in [4.69, 9.17) is 11.6 Å². The molecule has 104 valence electrons. The van der Waals surface area contributed by atoms with Gasteiger partial charge in [0.05, 0.1) is 0 Å². The van der Waals surface area contributed by atoms with E-state index in [-0.39, 0.29) is 22.4 Å². The van der Waals surface area contributed by atoms with E-state index >= 15 is 0 Å². The maximum Gasteiger partial charge on any atom is 0.0427 e. The molecular formula is C16H21BrClN. The SMILES string of the molecule is Br.CC(C)(C)c1ccc(CN2C=CC(Cl)=CC2)cc1. The van der Waals surface area contributed by atoms with Crippen molar-refractivity contribution >= 4 is 28.6 Å². The second kappa shape index (κ2) is 6.62. The molecule has 0 fully saturated rings. The zero-order valence-electron chi connectivity index (χ0n) is 11.7. The first-order chi connectivity index (χ1) is 8.45. The van der Waals surface area contributed by atoms with Crippen molar-refractivity contribution in [3.63, 3.8) is 0 Å². The average molecular weight is 343 g/mol. The highest BCUT2D eigenvalue weighted by molar-refractivity contribution is 8.93. The number of hydrogen-bond acceptors (Lipinski definition) is 1. The van der Waals surface area contributed by atoms with E-state index in [1.807, 2.05) is 12.2 Å². The van der Waals surface area contributed by atoms with Crippen LogP contribution in [0.3, 0.4) is 0 Å². The van der Waals surface area contributed by atoms with Crippen molar-refractivity contribution in [2.45, 2.75) is 32.7 Å². The molecule has 3 heteroatoms. The van der Waals surface area contributed by atoms with Crippen LogP contribution >= 0.6 is 28.6 Å². The van der Waals surface area contributed by atoms with Crippen molar-refractivity contribution in [2.24, 2.45) is 0 Å². The van der Waals surface area contributed by atoms with Crippen LogP contribution in [0.15, 0.2) is 47.6 Å². The minimum atomic E-state index is 0. The molecule has 1 aliphatic heterocycles. The molecule has 0 N–H and O–H groups in total. The summed E-state index contributed by atoms with van der Waals surface area (Å²) >= 11 is 5.90. The Morgan fingerprint density at radius 2 is 1.79 bits per heavy atom. The van der Waals surface area contributed by atoms with Crippen LogP contribution < -0.4 is 0 Å². The molecule has 0 amide bonds. The van der Waals surface area contributed by atoms with Crippen molar-refractivity contribution in [2.75, 3.05) is 6.54 Å². The molecule has 0 radical (unpaired) electrons. The first-order valence-corrected chi connectivity index (χ1v) is 6.70. The number of allylic oxidation sites excluding steroid dienone is 2. The van der Waals surface area contributed by atoms with Crippen molar-refractivity contribution < 1.29 is 0 Å². The van der Waals surface area contributed by atoms with Gasteiger partial charge in [0.25, 0.3) is 0 Å². The standard InChI is InChI=1S/C16H20ClN.BrH/c1-16(2,3)14-6-4-13(5-7-14)12-18-10-8-15(17)9-11-18;/h4-10H,11-12H2,1-3H3;1H. The fourth-order valence-corrected chi connectivity index (χ4v) is 2.10. The predicted molar refractivity (Wildman–Crippen MR) is 89.0 cm³/mol. The summed E-state index contributed by atoms with van der Waals surface area (Å²) in [5, 5.41) is 0.828. The molecule has 0 unspecified atom stereocenters. The van der Waals surface area contributed by atoms with E-state index in [1.165, 1.54) is 11.1 Å². The van der Waals surface area contributed by atoms with Gasteiger partial charge < -0.3 is 4.90 Å². The van der Waals surface area contributed by atoms with Crippen LogP contribution in [0.25, 0.3) is 0 Å². The highest BCUT2D eigenvalue weighted by Crippen LogP contribution is 2.22. The van der Waals surface area contributed by atoms with E-state index in [9.17, 15) is 0 Å². The Hall–Kier alpha value is -0.730. The Morgan fingerprint density at radius 3 is 2.26 bits per heavy atom. The quantitative estimate of drug-likeness (QED) is 0.730. The van der Waals surface area contributed by atoms with Crippen LogP contribution in [0.5, 0.6) is 0 Å². The van der Waals surface area contributed by atoms with Crippen LogP contribution in [0.4, 0.5) is 0 Å². The molecular weight excluding hydrogens is 322 g/mol. The Morgan fingerprint density at radius 1 is 1.16 bits per heavy atom. The molecule has 0 bridgehead atoms. The molecule has 0 saturated heterocycles. The lowest BCUT2D eigenvalue weighted by Crippen LogP contribution is -2.19. The van der Waals surface area contributed by atoms with Crippen LogP contribution in [0, 0.1) is 0 Å².